The van der Waals surface area contributed by atoms with E-state index in [9.17, 15) is 0 Å². The van der Waals surface area contributed by atoms with Gasteiger partial charge in [-0.3, -0.25) is 4.99 Å². The van der Waals surface area contributed by atoms with Crippen LogP contribution in [-0.4, -0.2) is 22.9 Å². The Kier molecular flexibility index (Phi) is 8.93. The third-order valence-corrected chi connectivity index (χ3v) is 14.2. The summed E-state index contributed by atoms with van der Waals surface area (Å²) in [6.07, 6.45) is 16.9. The Balaban J connectivity index is 0.960. The van der Waals surface area contributed by atoms with Crippen molar-refractivity contribution in [2.75, 3.05) is 7.05 Å². The first kappa shape index (κ1) is 35.7. The number of aliphatic imine (C=N–C) groups is 1. The molecule has 11 rings (SSSR count). The molecule has 284 valence electrons. The predicted octanol–water partition coefficient (Wildman–Crippen LogP) is 14.5. The summed E-state index contributed by atoms with van der Waals surface area (Å²) < 4.78 is 0. The van der Waals surface area contributed by atoms with Gasteiger partial charge in [-0.15, -0.1) is 11.8 Å². The molecule has 0 fully saturated rings. The van der Waals surface area contributed by atoms with Crippen molar-refractivity contribution >= 4 is 40.0 Å². The third kappa shape index (κ3) is 6.33. The molecule has 2 aliphatic carbocycles. The van der Waals surface area contributed by atoms with Crippen molar-refractivity contribution in [2.45, 2.75) is 41.5 Å². The van der Waals surface area contributed by atoms with Crippen molar-refractivity contribution in [3.63, 3.8) is 0 Å². The van der Waals surface area contributed by atoms with Gasteiger partial charge >= 0.3 is 0 Å². The van der Waals surface area contributed by atoms with Gasteiger partial charge in [0.1, 0.15) is 6.17 Å². The fourth-order valence-electron chi connectivity index (χ4n) is 9.57. The second-order valence-corrected chi connectivity index (χ2v) is 17.5. The lowest BCUT2D eigenvalue weighted by atomic mass is 9.84. The maximum Gasteiger partial charge on any atom is 0.147 e. The van der Waals surface area contributed by atoms with Crippen LogP contribution in [0, 0.1) is 0 Å². The smallest absolute Gasteiger partial charge is 0.147 e. The molecule has 4 unspecified atom stereocenters. The Labute approximate surface area is 351 Å². The molecule has 7 aromatic rings. The quantitative estimate of drug-likeness (QED) is 0.167. The van der Waals surface area contributed by atoms with Gasteiger partial charge in [0.2, 0.25) is 0 Å². The Morgan fingerprint density at radius 1 is 0.593 bits per heavy atom. The third-order valence-electron chi connectivity index (χ3n) is 12.8. The van der Waals surface area contributed by atoms with Crippen LogP contribution in [0.2, 0.25) is 0 Å². The molecule has 2 heterocycles. The summed E-state index contributed by atoms with van der Waals surface area (Å²) in [5, 5.41) is 2.99. The molecule has 0 spiro atoms. The highest BCUT2D eigenvalue weighted by atomic mass is 32.2. The monoisotopic (exact) mass is 776 g/mol. The molecule has 0 amide bonds. The minimum absolute atomic E-state index is 0.196. The summed E-state index contributed by atoms with van der Waals surface area (Å²) in [7, 11) is 2.18. The van der Waals surface area contributed by atoms with Gasteiger partial charge in [0, 0.05) is 28.8 Å². The maximum absolute atomic E-state index is 5.51. The summed E-state index contributed by atoms with van der Waals surface area (Å²) >= 11 is 2.00. The van der Waals surface area contributed by atoms with Crippen LogP contribution in [0.4, 0.5) is 0 Å². The molecule has 0 saturated carbocycles. The number of benzene rings is 7. The fraction of sp³-hybridized carbons (Fsp3) is 0.125. The van der Waals surface area contributed by atoms with E-state index in [-0.39, 0.29) is 6.17 Å². The molecule has 4 atom stereocenters. The van der Waals surface area contributed by atoms with E-state index >= 15 is 0 Å². The number of fused-ring (bicyclic) bond motifs is 5. The van der Waals surface area contributed by atoms with Gasteiger partial charge in [-0.1, -0.05) is 195 Å². The first-order valence-corrected chi connectivity index (χ1v) is 21.7. The van der Waals surface area contributed by atoms with Crippen molar-refractivity contribution in [3.05, 3.63) is 221 Å². The van der Waals surface area contributed by atoms with Crippen LogP contribution >= 0.6 is 11.8 Å². The van der Waals surface area contributed by atoms with Crippen LogP contribution in [-0.2, 0) is 0 Å². The van der Waals surface area contributed by atoms with Crippen molar-refractivity contribution in [2.24, 2.45) is 4.99 Å². The summed E-state index contributed by atoms with van der Waals surface area (Å²) in [5.41, 5.74) is 17.3. The highest BCUT2D eigenvalue weighted by Gasteiger charge is 2.33. The summed E-state index contributed by atoms with van der Waals surface area (Å²) in [5.74, 6) is 0.979. The lowest BCUT2D eigenvalue weighted by Crippen LogP contribution is -2.27. The molecular formula is C56H44N2S. The molecule has 2 nitrogen and oxygen atoms in total. The van der Waals surface area contributed by atoms with E-state index in [0.29, 0.717) is 17.1 Å². The molecule has 0 bridgehead atoms. The second-order valence-electron chi connectivity index (χ2n) is 16.3. The van der Waals surface area contributed by atoms with Crippen LogP contribution in [0.25, 0.3) is 55.9 Å². The fourth-order valence-corrected chi connectivity index (χ4v) is 11.1. The highest BCUT2D eigenvalue weighted by Crippen LogP contribution is 2.52. The number of allylic oxidation sites excluding steroid dienone is 5. The minimum atomic E-state index is -0.196. The standard InChI is InChI=1S/C56H44N2S/c1-36-11-7-20-49-44(36)16-9-18-47(49)39-23-29-41(30-24-39)52-35-53(42-31-25-38(26-32-42)46-17-8-13-37-12-3-4-14-45(37)46)58(2)56(57-52)43-33-27-40(28-34-43)48-19-10-21-51-50-15-5-6-22-54(50)59-55(48)51/h3-10,12-36,50,54,56H,11H2,1-2H3. The van der Waals surface area contributed by atoms with Gasteiger partial charge in [-0.25, -0.2) is 0 Å². The molecule has 0 aromatic heterocycles. The van der Waals surface area contributed by atoms with Crippen molar-refractivity contribution in [1.82, 2.24) is 4.90 Å². The molecule has 0 radical (unpaired) electrons. The molecule has 3 heteroatoms. The van der Waals surface area contributed by atoms with E-state index in [1.54, 1.807) is 0 Å². The average Bonchev–Trinajstić information content (AvgIpc) is 3.68. The van der Waals surface area contributed by atoms with Gasteiger partial charge < -0.3 is 4.90 Å². The van der Waals surface area contributed by atoms with Gasteiger partial charge in [-0.2, -0.15) is 0 Å². The summed E-state index contributed by atoms with van der Waals surface area (Å²) in [6, 6.07) is 56.1. The Bertz CT molecular complexity index is 2900. The highest BCUT2D eigenvalue weighted by molar-refractivity contribution is 8.00. The van der Waals surface area contributed by atoms with Crippen LogP contribution < -0.4 is 0 Å². The SMILES string of the molecule is CC1CC=Cc2c(-c3ccc(C4=NC(c5ccc(-c6cccc7c6SC6C=CC=CC76)cc5)N(C)C(c5ccc(-c6cccc7ccccc67)cc5)=C4)cc3)cccc21. The Morgan fingerprint density at radius 3 is 2.05 bits per heavy atom. The van der Waals surface area contributed by atoms with E-state index in [0.717, 1.165) is 23.4 Å². The van der Waals surface area contributed by atoms with Crippen LogP contribution in [0.15, 0.2) is 198 Å². The predicted molar refractivity (Wildman–Crippen MR) is 251 cm³/mol. The van der Waals surface area contributed by atoms with E-state index < -0.39 is 0 Å². The average molecular weight is 777 g/mol. The molecule has 2 aliphatic heterocycles. The van der Waals surface area contributed by atoms with Crippen molar-refractivity contribution in [3.8, 4) is 33.4 Å². The lowest BCUT2D eigenvalue weighted by molar-refractivity contribution is 0.364. The first-order chi connectivity index (χ1) is 29.1. The molecule has 0 N–H and O–H groups in total. The number of rotatable bonds is 6. The van der Waals surface area contributed by atoms with Crippen LogP contribution in [0.3, 0.4) is 0 Å². The van der Waals surface area contributed by atoms with Gasteiger partial charge in [0.25, 0.3) is 0 Å². The van der Waals surface area contributed by atoms with E-state index in [1.165, 1.54) is 76.9 Å². The number of hydrogen-bond donors (Lipinski definition) is 0. The molecule has 7 aromatic carbocycles. The molecule has 59 heavy (non-hydrogen) atoms. The lowest BCUT2D eigenvalue weighted by Gasteiger charge is -2.34. The number of hydrogen-bond acceptors (Lipinski definition) is 3. The maximum atomic E-state index is 5.51. The van der Waals surface area contributed by atoms with E-state index in [4.69, 9.17) is 4.99 Å². The minimum Gasteiger partial charge on any atom is -0.349 e. The Morgan fingerprint density at radius 2 is 1.22 bits per heavy atom. The second kappa shape index (κ2) is 14.8. The molecule has 0 saturated heterocycles. The van der Waals surface area contributed by atoms with Gasteiger partial charge in [0.05, 0.1) is 5.71 Å². The zero-order chi connectivity index (χ0) is 39.5. The van der Waals surface area contributed by atoms with E-state index in [1.807, 2.05) is 11.8 Å². The van der Waals surface area contributed by atoms with Crippen molar-refractivity contribution < 1.29 is 0 Å². The first-order valence-electron chi connectivity index (χ1n) is 20.8. The van der Waals surface area contributed by atoms with E-state index in [2.05, 4.69) is 213 Å². The van der Waals surface area contributed by atoms with Crippen molar-refractivity contribution in [1.29, 1.82) is 0 Å². The zero-order valence-electron chi connectivity index (χ0n) is 33.3. The van der Waals surface area contributed by atoms with Gasteiger partial charge in [0.15, 0.2) is 0 Å². The van der Waals surface area contributed by atoms with Crippen LogP contribution in [0.1, 0.15) is 64.7 Å². The number of thioether (sulfide) groups is 1. The largest absolute Gasteiger partial charge is 0.349 e. The normalized spacial score (nSPS) is 20.2. The summed E-state index contributed by atoms with van der Waals surface area (Å²) in [4.78, 5) is 9.25. The van der Waals surface area contributed by atoms with Gasteiger partial charge in [-0.05, 0) is 95.9 Å². The zero-order valence-corrected chi connectivity index (χ0v) is 34.1. The van der Waals surface area contributed by atoms with Crippen LogP contribution in [0.5, 0.6) is 0 Å². The molecule has 4 aliphatic rings. The topological polar surface area (TPSA) is 15.6 Å². The Hall–Kier alpha value is -6.42. The molecular weight excluding hydrogens is 733 g/mol. The number of nitrogens with zero attached hydrogens (tertiary/aromatic N) is 2. The summed E-state index contributed by atoms with van der Waals surface area (Å²) in [6.45, 7) is 2.33.